The van der Waals surface area contributed by atoms with E-state index in [1.807, 2.05) is 13.8 Å². The van der Waals surface area contributed by atoms with Gasteiger partial charge in [-0.3, -0.25) is 9.59 Å². The summed E-state index contributed by atoms with van der Waals surface area (Å²) in [6.45, 7) is 19.9. The minimum Gasteiger partial charge on any atom is -0.463 e. The predicted octanol–water partition coefficient (Wildman–Crippen LogP) is 36.4. The monoisotopic (exact) mass is 2120 g/mol. The highest BCUT2D eigenvalue weighted by atomic mass is 35.5. The first kappa shape index (κ1) is 120. The van der Waals surface area contributed by atoms with Crippen LogP contribution in [0.4, 0.5) is 70.2 Å². The molecule has 5 heterocycles. The topological polar surface area (TPSA) is 110 Å². The molecule has 9 fully saturated rings. The maximum absolute atomic E-state index is 15.1. The van der Waals surface area contributed by atoms with Crippen molar-refractivity contribution in [3.05, 3.63) is 235 Å². The fraction of sp³-hybridized carbons (Fsp3) is 0.587. The number of carbonyl (C=O) groups excluding carboxylic acids is 2. The van der Waals surface area contributed by atoms with Crippen molar-refractivity contribution in [1.29, 1.82) is 0 Å². The van der Waals surface area contributed by atoms with Gasteiger partial charge in [-0.1, -0.05) is 230 Å². The van der Waals surface area contributed by atoms with E-state index in [9.17, 15) is 32.3 Å². The number of hydrogen-bond acceptors (Lipinski definition) is 9. The van der Waals surface area contributed by atoms with Gasteiger partial charge < -0.3 is 33.5 Å². The molecule has 9 nitrogen and oxygen atoms in total. The lowest BCUT2D eigenvalue weighted by Crippen LogP contribution is -2.34. The second-order valence-corrected chi connectivity index (χ2v) is 42.6. The molecule has 816 valence electrons. The first-order valence-corrected chi connectivity index (χ1v) is 55.9. The van der Waals surface area contributed by atoms with Crippen LogP contribution in [0, 0.1) is 117 Å². The Morgan fingerprint density at radius 3 is 0.872 bits per heavy atom. The Morgan fingerprint density at radius 1 is 0.304 bits per heavy atom. The molecule has 8 unspecified atom stereocenters. The SMILES string of the molecule is C1CCOC1.CCCC1CCC(c2ccc(-c3ccc(C4CCC(CCC)OC4)c(F)c3F)c(F)c2F)CC1.CCCC1CCC(c2ccc(-c3ccc(C4CCC(CCC)OC4=O)c(F)c3F)c(F)c2F)CC1.CCCC1CCC(c2ccc(-c3ccc(C4CCC(CCC)OC4O)c(F)c3F)c(F)c2F)CC1.CCCC1CCC(c2ccc(-c3ccc(COC=O)c(F)c3F)c(F)c2F)CC1.CCCC1CCO1.ClCCl. The molecule has 0 aromatic heterocycles. The molecule has 5 aliphatic heterocycles. The van der Waals surface area contributed by atoms with E-state index in [1.54, 1.807) is 6.07 Å². The normalized spacial score (nSPS) is 24.3. The molecule has 0 radical (unpaired) electrons. The van der Waals surface area contributed by atoms with Crippen LogP contribution in [0.2, 0.25) is 0 Å². The smallest absolute Gasteiger partial charge is 0.313 e. The molecule has 5 saturated heterocycles. The summed E-state index contributed by atoms with van der Waals surface area (Å²) in [5, 5.41) is 10.6. The standard InChI is InChI=1S/C29H36F4O2.C29H34F4O2.C29H36F4O.C23H24F4O2.C6H12O.C4H8O.CH2Cl2/c2*1-3-5-17-7-9-18(10-8-17)20-13-14-21(26(31)25(20)30)22-15-16-23(28(33)27(22)32)24-12-11-19(6-4-2)35-29(24)34;1-3-5-18-7-9-19(10-8-18)22-13-15-24(28(32)26(22)30)25-16-14-23(27(31)29(25)33)20-11-12-21(6-4-2)34-17-20;1-2-3-14-4-6-15(7-5-14)17-10-11-19(23(27)21(17)25)18-9-8-16(12-29-13-28)20(24)22(18)26;1-2-3-6-4-5-7-6;1-2-4-5-3-1;2-1-3/h13-19,24,29,34H,3-12H2,1-2H3;13-19,24H,3-12H2,1-2H3;13-16,18-21H,3-12,17H2,1-2H3;8-11,13-15H,2-7,12H2,1H3;6H,2-5H2,1H3;1-4H2;1H2. The van der Waals surface area contributed by atoms with Gasteiger partial charge in [0.15, 0.2) is 99.4 Å². The molecule has 8 aromatic carbocycles. The van der Waals surface area contributed by atoms with Crippen molar-refractivity contribution in [3.8, 4) is 44.5 Å². The van der Waals surface area contributed by atoms with Crippen molar-refractivity contribution in [2.45, 2.75) is 397 Å². The van der Waals surface area contributed by atoms with Gasteiger partial charge in [0.05, 0.1) is 36.2 Å². The van der Waals surface area contributed by atoms with Crippen LogP contribution in [-0.4, -0.2) is 80.0 Å². The van der Waals surface area contributed by atoms with Gasteiger partial charge >= 0.3 is 5.97 Å². The summed E-state index contributed by atoms with van der Waals surface area (Å²) < 4.78 is 271. The van der Waals surface area contributed by atoms with Crippen LogP contribution in [0.5, 0.6) is 0 Å². The molecule has 0 spiro atoms. The molecular weight excluding hydrogens is 1970 g/mol. The van der Waals surface area contributed by atoms with E-state index in [1.165, 1.54) is 123 Å². The molecule has 0 bridgehead atoms. The van der Waals surface area contributed by atoms with Gasteiger partial charge in [0.2, 0.25) is 0 Å². The number of aliphatic hydroxyl groups is 1. The lowest BCUT2D eigenvalue weighted by Gasteiger charge is -2.34. The van der Waals surface area contributed by atoms with E-state index >= 15 is 52.7 Å². The summed E-state index contributed by atoms with van der Waals surface area (Å²) in [7, 11) is 0. The number of esters is 1. The van der Waals surface area contributed by atoms with Crippen LogP contribution in [0.3, 0.4) is 0 Å². The summed E-state index contributed by atoms with van der Waals surface area (Å²) in [6.07, 6.45) is 38.1. The van der Waals surface area contributed by atoms with Crippen LogP contribution >= 0.6 is 23.2 Å². The second kappa shape index (κ2) is 60.6. The Kier molecular flexibility index (Phi) is 49.2. The van der Waals surface area contributed by atoms with Gasteiger partial charge in [-0.2, -0.15) is 0 Å². The number of halogens is 18. The van der Waals surface area contributed by atoms with Gasteiger partial charge in [0.25, 0.3) is 6.47 Å². The molecule has 4 aliphatic carbocycles. The molecule has 8 aromatic rings. The van der Waals surface area contributed by atoms with Crippen molar-refractivity contribution in [1.82, 2.24) is 0 Å². The first-order valence-electron chi connectivity index (χ1n) is 54.8. The highest BCUT2D eigenvalue weighted by molar-refractivity contribution is 6.40. The van der Waals surface area contributed by atoms with Crippen molar-refractivity contribution >= 4 is 35.6 Å². The van der Waals surface area contributed by atoms with Gasteiger partial charge in [-0.25, -0.2) is 70.2 Å². The lowest BCUT2D eigenvalue weighted by molar-refractivity contribution is -0.176. The Labute approximate surface area is 876 Å². The largest absolute Gasteiger partial charge is 0.463 e. The number of carbonyl (C=O) groups is 2. The average molecular weight is 2130 g/mol. The van der Waals surface area contributed by atoms with Crippen LogP contribution in [-0.2, 0) is 44.6 Å². The van der Waals surface area contributed by atoms with E-state index in [4.69, 9.17) is 46.9 Å². The Balaban J connectivity index is 0.000000179. The maximum atomic E-state index is 15.1. The quantitative estimate of drug-likeness (QED) is 0.0204. The first-order chi connectivity index (χ1) is 71.5. The number of hydrogen-bond donors (Lipinski definition) is 1. The molecule has 148 heavy (non-hydrogen) atoms. The fourth-order valence-electron chi connectivity index (χ4n) is 23.5. The number of ether oxygens (including phenoxy) is 6. The minimum absolute atomic E-state index is 0.00459. The van der Waals surface area contributed by atoms with Crippen LogP contribution < -0.4 is 0 Å². The van der Waals surface area contributed by atoms with Gasteiger partial charge in [-0.05, 0) is 267 Å². The zero-order valence-corrected chi connectivity index (χ0v) is 88.8. The Bertz CT molecular complexity index is 5400. The minimum atomic E-state index is -1.30. The van der Waals surface area contributed by atoms with Gasteiger partial charge in [0, 0.05) is 87.3 Å². The summed E-state index contributed by atoms with van der Waals surface area (Å²) in [5.41, 5.74) is -1.20. The molecule has 9 aliphatic rings. The third kappa shape index (κ3) is 31.4. The molecule has 27 heteroatoms. The zero-order chi connectivity index (χ0) is 107. The molecular formula is C121H152Cl2F16O9. The number of aliphatic hydroxyl groups excluding tert-OH is 1. The molecule has 8 atom stereocenters. The van der Waals surface area contributed by atoms with Crippen molar-refractivity contribution in [2.24, 2.45) is 23.7 Å². The Morgan fingerprint density at radius 2 is 0.581 bits per heavy atom. The van der Waals surface area contributed by atoms with Crippen LogP contribution in [0.25, 0.3) is 44.5 Å². The average Bonchev–Trinajstić information content (AvgIpc) is 0.817. The second-order valence-electron chi connectivity index (χ2n) is 41.8. The van der Waals surface area contributed by atoms with E-state index in [0.29, 0.717) is 84.3 Å². The summed E-state index contributed by atoms with van der Waals surface area (Å²) in [6, 6.07) is 21.9. The number of rotatable bonds is 30. The van der Waals surface area contributed by atoms with E-state index in [0.717, 1.165) is 225 Å². The molecule has 17 rings (SSSR count). The number of benzene rings is 8. The highest BCUT2D eigenvalue weighted by Gasteiger charge is 2.40. The molecule has 4 saturated carbocycles. The van der Waals surface area contributed by atoms with Crippen LogP contribution in [0.1, 0.15) is 405 Å². The third-order valence-corrected chi connectivity index (χ3v) is 31.8. The lowest BCUT2D eigenvalue weighted by atomic mass is 9.77. The summed E-state index contributed by atoms with van der Waals surface area (Å²) >= 11 is 9.53. The van der Waals surface area contributed by atoms with Crippen LogP contribution in [0.15, 0.2) is 97.1 Å². The number of cyclic esters (lactones) is 1. The van der Waals surface area contributed by atoms with Crippen molar-refractivity contribution < 1.29 is 113 Å². The van der Waals surface area contributed by atoms with E-state index in [-0.39, 0.29) is 126 Å². The molecule has 0 amide bonds. The van der Waals surface area contributed by atoms with E-state index in [2.05, 4.69) is 46.3 Å². The summed E-state index contributed by atoms with van der Waals surface area (Å²) in [4.78, 5) is 22.6. The summed E-state index contributed by atoms with van der Waals surface area (Å²) in [5.74, 6) is -18.0. The Hall–Kier alpha value is -8.04. The maximum Gasteiger partial charge on any atom is 0.313 e. The van der Waals surface area contributed by atoms with E-state index < -0.39 is 124 Å². The fourth-order valence-corrected chi connectivity index (χ4v) is 23.5. The van der Waals surface area contributed by atoms with Gasteiger partial charge in [0.1, 0.15) is 12.7 Å². The zero-order valence-electron chi connectivity index (χ0n) is 87.3. The van der Waals surface area contributed by atoms with Crippen molar-refractivity contribution in [2.75, 3.05) is 31.8 Å². The third-order valence-electron chi connectivity index (χ3n) is 31.8. The predicted molar refractivity (Wildman–Crippen MR) is 553 cm³/mol. The number of alkyl halides is 2. The van der Waals surface area contributed by atoms with Crippen molar-refractivity contribution in [3.63, 3.8) is 0 Å². The molecule has 1 N–H and O–H groups in total. The highest BCUT2D eigenvalue weighted by Crippen LogP contribution is 2.49. The van der Waals surface area contributed by atoms with Gasteiger partial charge in [-0.15, -0.1) is 23.2 Å².